The van der Waals surface area contributed by atoms with E-state index in [0.29, 0.717) is 11.8 Å². The predicted molar refractivity (Wildman–Crippen MR) is 142 cm³/mol. The van der Waals surface area contributed by atoms with E-state index in [-0.39, 0.29) is 28.5 Å². The van der Waals surface area contributed by atoms with Crippen molar-refractivity contribution in [2.45, 2.75) is 52.7 Å². The van der Waals surface area contributed by atoms with E-state index in [0.717, 1.165) is 10.5 Å². The minimum atomic E-state index is -0.813. The van der Waals surface area contributed by atoms with Crippen LogP contribution in [0.5, 0.6) is 0 Å². The molecular formula is C29H34N2O6. The van der Waals surface area contributed by atoms with E-state index in [1.54, 1.807) is 51.1 Å². The first-order valence-electron chi connectivity index (χ1n) is 11.8. The largest absolute Gasteiger partial charge is 0.444 e. The van der Waals surface area contributed by atoms with Crippen molar-refractivity contribution in [2.75, 3.05) is 7.05 Å². The molecule has 3 rings (SSSR count). The van der Waals surface area contributed by atoms with E-state index in [1.165, 1.54) is 7.05 Å². The van der Waals surface area contributed by atoms with Gasteiger partial charge in [0.15, 0.2) is 6.29 Å². The number of aldehydes is 1. The van der Waals surface area contributed by atoms with E-state index in [1.807, 2.05) is 57.2 Å². The average molecular weight is 507 g/mol. The number of hydrogen-bond donors (Lipinski definition) is 1. The van der Waals surface area contributed by atoms with E-state index in [2.05, 4.69) is 5.32 Å². The summed E-state index contributed by atoms with van der Waals surface area (Å²) in [6.07, 6.45) is 1.02. The van der Waals surface area contributed by atoms with Crippen molar-refractivity contribution in [1.82, 2.24) is 10.2 Å². The Hall–Kier alpha value is -4.20. The van der Waals surface area contributed by atoms with Crippen LogP contribution in [0.25, 0.3) is 11.8 Å². The van der Waals surface area contributed by atoms with Crippen LogP contribution in [0, 0.1) is 0 Å². The van der Waals surface area contributed by atoms with Crippen molar-refractivity contribution in [3.63, 3.8) is 0 Å². The molecule has 0 aliphatic carbocycles. The summed E-state index contributed by atoms with van der Waals surface area (Å²) >= 11 is 0. The number of nitrogens with one attached hydrogen (secondary N) is 1. The molecule has 0 atom stereocenters. The molecule has 1 N–H and O–H groups in total. The normalized spacial score (nSPS) is 14.6. The Bertz CT molecular complexity index is 1190. The summed E-state index contributed by atoms with van der Waals surface area (Å²) in [5, 5.41) is 2.36. The number of nitrogens with zero attached hydrogens (tertiary/aromatic N) is 1. The van der Waals surface area contributed by atoms with Gasteiger partial charge in [-0.15, -0.1) is 0 Å². The second kappa shape index (κ2) is 12.2. The zero-order valence-corrected chi connectivity index (χ0v) is 22.3. The van der Waals surface area contributed by atoms with Gasteiger partial charge in [0, 0.05) is 7.05 Å². The minimum absolute atomic E-state index is 0.158. The first-order valence-corrected chi connectivity index (χ1v) is 11.8. The molecule has 0 fully saturated rings. The molecule has 1 aliphatic heterocycles. The van der Waals surface area contributed by atoms with Gasteiger partial charge in [0.05, 0.1) is 16.8 Å². The maximum atomic E-state index is 13.1. The fraction of sp³-hybridized carbons (Fsp3) is 0.310. The molecule has 1 aliphatic rings. The summed E-state index contributed by atoms with van der Waals surface area (Å²) in [5.41, 5.74) is 0.713. The molecule has 0 bridgehead atoms. The van der Waals surface area contributed by atoms with Gasteiger partial charge in [-0.1, -0.05) is 60.7 Å². The predicted octanol–water partition coefficient (Wildman–Crippen LogP) is 5.60. The molecule has 2 aromatic carbocycles. The summed E-state index contributed by atoms with van der Waals surface area (Å²) in [7, 11) is 1.54. The lowest BCUT2D eigenvalue weighted by Gasteiger charge is -2.25. The molecule has 0 saturated heterocycles. The fourth-order valence-corrected chi connectivity index (χ4v) is 3.25. The second-order valence-electron chi connectivity index (χ2n) is 10.1. The molecule has 3 amide bonds. The van der Waals surface area contributed by atoms with Crippen molar-refractivity contribution >= 4 is 36.2 Å². The van der Waals surface area contributed by atoms with Crippen molar-refractivity contribution in [2.24, 2.45) is 0 Å². The Labute approximate surface area is 217 Å². The summed E-state index contributed by atoms with van der Waals surface area (Å²) in [5.74, 6) is -0.584. The van der Waals surface area contributed by atoms with Crippen LogP contribution in [0.15, 0.2) is 71.8 Å². The standard InChI is InChI=1S/C23H21NO4.C6H13NO2/c1-23(2,3)28-22(27)24-20(17-12-8-5-9-13-17)19(15-25)18(21(24)26)14-16-10-6-4-7-11-16;1-6(2,3)9-5(8)7-4/h4-15H,1-3H3;1-4H3,(H,7,8)/b18-14-;. The maximum absolute atomic E-state index is 13.1. The SMILES string of the molecule is CC(C)(C)OC(=O)N1C(=O)/C(=C\c2ccccc2)C(C=O)=C1c1ccccc1.CNC(=O)OC(C)(C)C. The van der Waals surface area contributed by atoms with Gasteiger partial charge in [0.2, 0.25) is 0 Å². The van der Waals surface area contributed by atoms with Crippen LogP contribution in [-0.2, 0) is 19.1 Å². The summed E-state index contributed by atoms with van der Waals surface area (Å²) in [6, 6.07) is 18.0. The van der Waals surface area contributed by atoms with Crippen molar-refractivity contribution in [3.8, 4) is 0 Å². The Balaban J connectivity index is 0.000000458. The van der Waals surface area contributed by atoms with Gasteiger partial charge in [-0.25, -0.2) is 14.5 Å². The lowest BCUT2D eigenvalue weighted by Crippen LogP contribution is -2.37. The van der Waals surface area contributed by atoms with Crippen LogP contribution in [0.2, 0.25) is 0 Å². The minimum Gasteiger partial charge on any atom is -0.444 e. The third-order valence-corrected chi connectivity index (χ3v) is 4.66. The van der Waals surface area contributed by atoms with Gasteiger partial charge in [-0.3, -0.25) is 9.59 Å². The average Bonchev–Trinajstić information content (AvgIpc) is 3.10. The number of alkyl carbamates (subject to hydrolysis) is 1. The Morgan fingerprint density at radius 1 is 0.838 bits per heavy atom. The first kappa shape index (κ1) is 29.0. The lowest BCUT2D eigenvalue weighted by atomic mass is 10.0. The van der Waals surface area contributed by atoms with Gasteiger partial charge in [0.1, 0.15) is 11.2 Å². The van der Waals surface area contributed by atoms with E-state index < -0.39 is 17.6 Å². The number of imide groups is 1. The Kier molecular flexibility index (Phi) is 9.54. The smallest absolute Gasteiger partial charge is 0.422 e. The quantitative estimate of drug-likeness (QED) is 0.430. The molecule has 0 aromatic heterocycles. The van der Waals surface area contributed by atoms with Gasteiger partial charge in [0.25, 0.3) is 5.91 Å². The highest BCUT2D eigenvalue weighted by molar-refractivity contribution is 6.25. The number of benzene rings is 2. The second-order valence-corrected chi connectivity index (χ2v) is 10.1. The molecule has 37 heavy (non-hydrogen) atoms. The third kappa shape index (κ3) is 8.45. The monoisotopic (exact) mass is 506 g/mol. The van der Waals surface area contributed by atoms with Crippen molar-refractivity contribution in [3.05, 3.63) is 82.9 Å². The third-order valence-electron chi connectivity index (χ3n) is 4.66. The maximum Gasteiger partial charge on any atom is 0.422 e. The molecule has 1 heterocycles. The van der Waals surface area contributed by atoms with Crippen LogP contribution in [0.3, 0.4) is 0 Å². The highest BCUT2D eigenvalue weighted by atomic mass is 16.6. The summed E-state index contributed by atoms with van der Waals surface area (Å²) in [6.45, 7) is 10.6. The fourth-order valence-electron chi connectivity index (χ4n) is 3.25. The highest BCUT2D eigenvalue weighted by Crippen LogP contribution is 2.37. The van der Waals surface area contributed by atoms with Gasteiger partial charge in [-0.05, 0) is 58.7 Å². The van der Waals surface area contributed by atoms with E-state index in [4.69, 9.17) is 9.47 Å². The van der Waals surface area contributed by atoms with Gasteiger partial charge >= 0.3 is 12.2 Å². The number of ether oxygens (including phenoxy) is 2. The molecule has 0 spiro atoms. The van der Waals surface area contributed by atoms with Crippen molar-refractivity contribution in [1.29, 1.82) is 0 Å². The first-order chi connectivity index (χ1) is 17.3. The van der Waals surface area contributed by atoms with Crippen LogP contribution < -0.4 is 5.32 Å². The number of carbonyl (C=O) groups excluding carboxylic acids is 4. The molecule has 0 radical (unpaired) electrons. The lowest BCUT2D eigenvalue weighted by molar-refractivity contribution is -0.122. The van der Waals surface area contributed by atoms with Crippen LogP contribution in [-0.4, -0.2) is 47.5 Å². The number of carbonyl (C=O) groups is 4. The zero-order chi connectivity index (χ0) is 27.8. The van der Waals surface area contributed by atoms with Crippen LogP contribution in [0.1, 0.15) is 52.7 Å². The van der Waals surface area contributed by atoms with Gasteiger partial charge in [-0.2, -0.15) is 0 Å². The highest BCUT2D eigenvalue weighted by Gasteiger charge is 2.41. The molecule has 8 nitrogen and oxygen atoms in total. The number of hydrogen-bond acceptors (Lipinski definition) is 6. The number of rotatable bonds is 3. The Morgan fingerprint density at radius 3 is 1.78 bits per heavy atom. The summed E-state index contributed by atoms with van der Waals surface area (Å²) < 4.78 is 10.3. The van der Waals surface area contributed by atoms with Crippen molar-refractivity contribution < 1.29 is 28.7 Å². The molecule has 0 unspecified atom stereocenters. The molecule has 196 valence electrons. The van der Waals surface area contributed by atoms with E-state index >= 15 is 0 Å². The Morgan fingerprint density at radius 2 is 1.35 bits per heavy atom. The zero-order valence-electron chi connectivity index (χ0n) is 22.3. The van der Waals surface area contributed by atoms with Crippen LogP contribution in [0.4, 0.5) is 9.59 Å². The molecule has 2 aromatic rings. The van der Waals surface area contributed by atoms with Crippen LogP contribution >= 0.6 is 0 Å². The molecule has 0 saturated carbocycles. The topological polar surface area (TPSA) is 102 Å². The number of amides is 3. The van der Waals surface area contributed by atoms with Gasteiger partial charge < -0.3 is 14.8 Å². The summed E-state index contributed by atoms with van der Waals surface area (Å²) in [4.78, 5) is 49.4. The van der Waals surface area contributed by atoms with E-state index in [9.17, 15) is 19.2 Å². The molecular weight excluding hydrogens is 472 g/mol. The molecule has 8 heteroatoms.